The van der Waals surface area contributed by atoms with E-state index in [4.69, 9.17) is 21.7 Å². The number of rotatable bonds is 6. The maximum atomic E-state index is 13.4. The van der Waals surface area contributed by atoms with Crippen molar-refractivity contribution in [1.82, 2.24) is 5.32 Å². The minimum atomic E-state index is -0.543. The van der Waals surface area contributed by atoms with Crippen molar-refractivity contribution in [2.45, 2.75) is 40.7 Å². The molecule has 0 radical (unpaired) electrons. The van der Waals surface area contributed by atoms with Crippen LogP contribution in [0.5, 0.6) is 11.5 Å². The summed E-state index contributed by atoms with van der Waals surface area (Å²) in [4.78, 5) is 27.4. The van der Waals surface area contributed by atoms with Crippen LogP contribution in [0.3, 0.4) is 0 Å². The second kappa shape index (κ2) is 9.83. The van der Waals surface area contributed by atoms with E-state index in [1.807, 2.05) is 52.8 Å². The molecule has 0 unspecified atom stereocenters. The van der Waals surface area contributed by atoms with Crippen molar-refractivity contribution >= 4 is 56.8 Å². The number of nitrogens with zero attached hydrogens (tertiary/aromatic N) is 1. The van der Waals surface area contributed by atoms with Gasteiger partial charge in [-0.2, -0.15) is 0 Å². The third kappa shape index (κ3) is 4.86. The zero-order valence-corrected chi connectivity index (χ0v) is 21.0. The molecule has 0 bridgehead atoms. The summed E-state index contributed by atoms with van der Waals surface area (Å²) in [6.45, 7) is 10.0. The van der Waals surface area contributed by atoms with Gasteiger partial charge in [-0.25, -0.2) is 0 Å². The Balaban J connectivity index is 2.07. The van der Waals surface area contributed by atoms with Gasteiger partial charge in [-0.15, -0.1) is 0 Å². The molecule has 0 atom stereocenters. The molecule has 2 aromatic rings. The average Bonchev–Trinajstić information content (AvgIpc) is 2.71. The summed E-state index contributed by atoms with van der Waals surface area (Å²) in [6.07, 6.45) is 1.48. The largest absolute Gasteiger partial charge is 0.490 e. The van der Waals surface area contributed by atoms with Crippen molar-refractivity contribution in [2.75, 3.05) is 11.5 Å². The minimum Gasteiger partial charge on any atom is -0.490 e. The van der Waals surface area contributed by atoms with Gasteiger partial charge in [0.15, 0.2) is 16.6 Å². The molecular formula is C24H25BrN2O4S. The third-order valence-corrected chi connectivity index (χ3v) is 5.79. The summed E-state index contributed by atoms with van der Waals surface area (Å²) in [6, 6.07) is 9.15. The molecular weight excluding hydrogens is 492 g/mol. The monoisotopic (exact) mass is 516 g/mol. The number of hydrogen-bond donors (Lipinski definition) is 1. The fourth-order valence-electron chi connectivity index (χ4n) is 3.31. The predicted molar refractivity (Wildman–Crippen MR) is 133 cm³/mol. The second-order valence-corrected chi connectivity index (χ2v) is 8.85. The van der Waals surface area contributed by atoms with Gasteiger partial charge in [0.25, 0.3) is 11.8 Å². The number of halogens is 1. The van der Waals surface area contributed by atoms with Gasteiger partial charge in [0, 0.05) is 0 Å². The number of amides is 2. The summed E-state index contributed by atoms with van der Waals surface area (Å²) in [7, 11) is 0. The predicted octanol–water partition coefficient (Wildman–Crippen LogP) is 5.08. The molecule has 3 rings (SSSR count). The Kier molecular flexibility index (Phi) is 7.36. The van der Waals surface area contributed by atoms with Gasteiger partial charge >= 0.3 is 0 Å². The first-order valence-corrected chi connectivity index (χ1v) is 11.4. The van der Waals surface area contributed by atoms with Crippen LogP contribution >= 0.6 is 28.1 Å². The van der Waals surface area contributed by atoms with Crippen LogP contribution in [0.2, 0.25) is 0 Å². The summed E-state index contributed by atoms with van der Waals surface area (Å²) >= 11 is 8.84. The highest BCUT2D eigenvalue weighted by Gasteiger charge is 2.35. The van der Waals surface area contributed by atoms with E-state index in [2.05, 4.69) is 21.2 Å². The number of ether oxygens (including phenoxy) is 2. The maximum Gasteiger partial charge on any atom is 0.270 e. The highest BCUT2D eigenvalue weighted by molar-refractivity contribution is 9.10. The van der Waals surface area contributed by atoms with E-state index in [0.29, 0.717) is 33.8 Å². The van der Waals surface area contributed by atoms with Gasteiger partial charge in [-0.1, -0.05) is 12.1 Å². The van der Waals surface area contributed by atoms with Crippen LogP contribution in [-0.2, 0) is 9.59 Å². The SMILES string of the molecule is CCOc1cc(/C=C2\C(=O)NC(=S)N(c3cccc(C)c3C)C2=O)cc(Br)c1OC(C)C. The number of nitrogens with one attached hydrogen (secondary N) is 1. The van der Waals surface area contributed by atoms with Crippen molar-refractivity contribution in [3.8, 4) is 11.5 Å². The Morgan fingerprint density at radius 3 is 2.59 bits per heavy atom. The molecule has 2 aromatic carbocycles. The molecule has 168 valence electrons. The van der Waals surface area contributed by atoms with Gasteiger partial charge in [-0.3, -0.25) is 19.8 Å². The number of carbonyl (C=O) groups excluding carboxylic acids is 2. The van der Waals surface area contributed by atoms with E-state index >= 15 is 0 Å². The molecule has 0 spiro atoms. The van der Waals surface area contributed by atoms with Crippen LogP contribution in [-0.4, -0.2) is 29.6 Å². The minimum absolute atomic E-state index is 0.0219. The van der Waals surface area contributed by atoms with E-state index in [1.165, 1.54) is 11.0 Å². The van der Waals surface area contributed by atoms with Gasteiger partial charge < -0.3 is 9.47 Å². The van der Waals surface area contributed by atoms with Crippen molar-refractivity contribution < 1.29 is 19.1 Å². The molecule has 32 heavy (non-hydrogen) atoms. The summed E-state index contributed by atoms with van der Waals surface area (Å²) in [5.41, 5.74) is 3.17. The maximum absolute atomic E-state index is 13.4. The first-order chi connectivity index (χ1) is 15.1. The second-order valence-electron chi connectivity index (χ2n) is 7.61. The van der Waals surface area contributed by atoms with Gasteiger partial charge in [0.1, 0.15) is 5.57 Å². The number of hydrogen-bond acceptors (Lipinski definition) is 5. The standard InChI is InChI=1S/C24H25BrN2O4S/c1-6-30-20-12-16(11-18(25)21(20)31-13(2)3)10-17-22(28)26-24(32)27(23(17)29)19-9-7-8-14(4)15(19)5/h7-13H,6H2,1-5H3,(H,26,28,32)/b17-10+. The Morgan fingerprint density at radius 2 is 1.94 bits per heavy atom. The van der Waals surface area contributed by atoms with Crippen molar-refractivity contribution in [3.63, 3.8) is 0 Å². The molecule has 0 aromatic heterocycles. The number of benzene rings is 2. The number of thiocarbonyl (C=S) groups is 1. The van der Waals surface area contributed by atoms with E-state index in [-0.39, 0.29) is 16.8 Å². The lowest BCUT2D eigenvalue weighted by atomic mass is 10.0. The number of carbonyl (C=O) groups is 2. The molecule has 0 saturated carbocycles. The summed E-state index contributed by atoms with van der Waals surface area (Å²) in [5.74, 6) is 0.0665. The zero-order valence-electron chi connectivity index (χ0n) is 18.6. The smallest absolute Gasteiger partial charge is 0.270 e. The lowest BCUT2D eigenvalue weighted by Gasteiger charge is -2.30. The van der Waals surface area contributed by atoms with Crippen LogP contribution in [0.25, 0.3) is 6.08 Å². The van der Waals surface area contributed by atoms with Crippen molar-refractivity contribution in [3.05, 3.63) is 57.1 Å². The summed E-state index contributed by atoms with van der Waals surface area (Å²) in [5, 5.41) is 2.69. The molecule has 1 saturated heterocycles. The fraction of sp³-hybridized carbons (Fsp3) is 0.292. The normalized spacial score (nSPS) is 15.4. The van der Waals surface area contributed by atoms with Gasteiger partial charge in [-0.05, 0) is 104 Å². The molecule has 0 aliphatic carbocycles. The highest BCUT2D eigenvalue weighted by atomic mass is 79.9. The van der Waals surface area contributed by atoms with Crippen LogP contribution in [0.15, 0.2) is 40.4 Å². The first kappa shape index (κ1) is 23.9. The molecule has 6 nitrogen and oxygen atoms in total. The van der Waals surface area contributed by atoms with Crippen LogP contribution in [0.4, 0.5) is 5.69 Å². The molecule has 2 amide bonds. The Hall–Kier alpha value is -2.71. The van der Waals surface area contributed by atoms with E-state index < -0.39 is 11.8 Å². The van der Waals surface area contributed by atoms with Crippen molar-refractivity contribution in [2.24, 2.45) is 0 Å². The average molecular weight is 517 g/mol. The summed E-state index contributed by atoms with van der Waals surface area (Å²) < 4.78 is 12.3. The number of aryl methyl sites for hydroxylation is 1. The lowest BCUT2D eigenvalue weighted by Crippen LogP contribution is -2.54. The number of anilines is 1. The fourth-order valence-corrected chi connectivity index (χ4v) is 4.13. The topological polar surface area (TPSA) is 67.9 Å². The van der Waals surface area contributed by atoms with Crippen LogP contribution < -0.4 is 19.7 Å². The molecule has 8 heteroatoms. The molecule has 1 fully saturated rings. The van der Waals surface area contributed by atoms with Crippen molar-refractivity contribution in [1.29, 1.82) is 0 Å². The van der Waals surface area contributed by atoms with E-state index in [0.717, 1.165) is 11.1 Å². The van der Waals surface area contributed by atoms with Crippen LogP contribution in [0.1, 0.15) is 37.5 Å². The quantitative estimate of drug-likeness (QED) is 0.329. The van der Waals surface area contributed by atoms with Gasteiger partial charge in [0.05, 0.1) is 22.9 Å². The lowest BCUT2D eigenvalue weighted by molar-refractivity contribution is -0.122. The molecule has 1 aliphatic rings. The molecule has 1 heterocycles. The van der Waals surface area contributed by atoms with Gasteiger partial charge in [0.2, 0.25) is 0 Å². The first-order valence-electron chi connectivity index (χ1n) is 10.2. The zero-order chi connectivity index (χ0) is 23.6. The highest BCUT2D eigenvalue weighted by Crippen LogP contribution is 2.38. The molecule has 1 N–H and O–H groups in total. The van der Waals surface area contributed by atoms with E-state index in [9.17, 15) is 9.59 Å². The Labute approximate surface area is 201 Å². The molecule has 1 aliphatic heterocycles. The Bertz CT molecular complexity index is 1130. The van der Waals surface area contributed by atoms with E-state index in [1.54, 1.807) is 12.1 Å². The Morgan fingerprint density at radius 1 is 1.22 bits per heavy atom. The third-order valence-electron chi connectivity index (χ3n) is 4.91. The van der Waals surface area contributed by atoms with Crippen LogP contribution in [0, 0.1) is 13.8 Å².